The van der Waals surface area contributed by atoms with Crippen LogP contribution in [0.4, 0.5) is 0 Å². The predicted octanol–water partition coefficient (Wildman–Crippen LogP) is 3.71. The molecule has 1 aromatic carbocycles. The van der Waals surface area contributed by atoms with Crippen LogP contribution in [0.3, 0.4) is 0 Å². The summed E-state index contributed by atoms with van der Waals surface area (Å²) >= 11 is 0. The smallest absolute Gasteiger partial charge is 0.338 e. The highest BCUT2D eigenvalue weighted by Gasteiger charge is 2.76. The lowest BCUT2D eigenvalue weighted by Gasteiger charge is -2.48. The van der Waals surface area contributed by atoms with E-state index in [2.05, 4.69) is 13.8 Å². The Bertz CT molecular complexity index is 1050. The van der Waals surface area contributed by atoms with Crippen molar-refractivity contribution in [3.05, 3.63) is 59.2 Å². The Morgan fingerprint density at radius 3 is 2.44 bits per heavy atom. The Hall–Kier alpha value is -2.24. The zero-order chi connectivity index (χ0) is 23.2. The molecule has 4 aliphatic carbocycles. The Kier molecular flexibility index (Phi) is 4.48. The maximum absolute atomic E-state index is 14.2. The van der Waals surface area contributed by atoms with Crippen LogP contribution in [0.2, 0.25) is 0 Å². The number of fused-ring (bicyclic) bond motifs is 3. The Balaban J connectivity index is 1.63. The summed E-state index contributed by atoms with van der Waals surface area (Å²) in [6.45, 7) is 9.95. The summed E-state index contributed by atoms with van der Waals surface area (Å²) in [6, 6.07) is 8.59. The molecule has 2 bridgehead atoms. The van der Waals surface area contributed by atoms with Gasteiger partial charge < -0.3 is 14.9 Å². The van der Waals surface area contributed by atoms with Crippen LogP contribution >= 0.6 is 0 Å². The number of rotatable bonds is 2. The molecule has 2 fully saturated rings. The second-order valence-corrected chi connectivity index (χ2v) is 11.0. The molecule has 1 spiro atoms. The first-order valence-corrected chi connectivity index (χ1v) is 11.6. The van der Waals surface area contributed by atoms with E-state index in [1.807, 2.05) is 25.1 Å². The van der Waals surface area contributed by atoms with Gasteiger partial charge in [-0.2, -0.15) is 0 Å². The molecular formula is C27H32O5. The van der Waals surface area contributed by atoms with Gasteiger partial charge in [0.25, 0.3) is 0 Å². The number of aliphatic hydroxyl groups is 2. The van der Waals surface area contributed by atoms with E-state index in [0.717, 1.165) is 6.42 Å². The van der Waals surface area contributed by atoms with Gasteiger partial charge in [-0.15, -0.1) is 0 Å². The van der Waals surface area contributed by atoms with E-state index >= 15 is 0 Å². The van der Waals surface area contributed by atoms with Crippen molar-refractivity contribution in [3.63, 3.8) is 0 Å². The summed E-state index contributed by atoms with van der Waals surface area (Å²) in [6.07, 6.45) is 2.03. The molecule has 1 aromatic rings. The summed E-state index contributed by atoms with van der Waals surface area (Å²) < 4.78 is 5.86. The predicted molar refractivity (Wildman–Crippen MR) is 120 cm³/mol. The van der Waals surface area contributed by atoms with Crippen LogP contribution in [-0.4, -0.2) is 39.8 Å². The van der Waals surface area contributed by atoms with E-state index < -0.39 is 29.2 Å². The molecule has 2 saturated carbocycles. The fourth-order valence-electron chi connectivity index (χ4n) is 7.32. The molecule has 170 valence electrons. The molecule has 0 amide bonds. The van der Waals surface area contributed by atoms with Gasteiger partial charge in [0.15, 0.2) is 17.5 Å². The van der Waals surface area contributed by atoms with Crippen molar-refractivity contribution in [2.75, 3.05) is 0 Å². The summed E-state index contributed by atoms with van der Waals surface area (Å²) in [5, 5.41) is 23.8. The SMILES string of the molecule is CC1=C[C@H]2C(=O)[C@]3(C=C(C)[C@H](OC(=O)c4ccccc4)[C@@]3(O)[C@@H]1O)[C@H](C)C[C@@H]1[C@H]2C1(C)C. The summed E-state index contributed by atoms with van der Waals surface area (Å²) in [4.78, 5) is 27.2. The van der Waals surface area contributed by atoms with E-state index in [1.165, 1.54) is 0 Å². The monoisotopic (exact) mass is 436 g/mol. The maximum atomic E-state index is 14.2. The quantitative estimate of drug-likeness (QED) is 0.546. The molecule has 0 unspecified atom stereocenters. The third-order valence-electron chi connectivity index (χ3n) is 9.08. The lowest BCUT2D eigenvalue weighted by Crippen LogP contribution is -2.65. The number of benzene rings is 1. The van der Waals surface area contributed by atoms with Crippen molar-refractivity contribution in [1.29, 1.82) is 0 Å². The highest BCUT2D eigenvalue weighted by molar-refractivity contribution is 5.96. The molecule has 5 nitrogen and oxygen atoms in total. The second kappa shape index (κ2) is 6.64. The van der Waals surface area contributed by atoms with Crippen molar-refractivity contribution < 1.29 is 24.5 Å². The van der Waals surface area contributed by atoms with E-state index in [-0.39, 0.29) is 29.0 Å². The highest BCUT2D eigenvalue weighted by atomic mass is 16.6. The van der Waals surface area contributed by atoms with Crippen molar-refractivity contribution in [1.82, 2.24) is 0 Å². The molecule has 2 N–H and O–H groups in total. The van der Waals surface area contributed by atoms with Crippen LogP contribution in [0.25, 0.3) is 0 Å². The minimum absolute atomic E-state index is 0.0525. The Labute approximate surface area is 189 Å². The van der Waals surface area contributed by atoms with Gasteiger partial charge in [-0.3, -0.25) is 4.79 Å². The van der Waals surface area contributed by atoms with Gasteiger partial charge in [-0.05, 0) is 66.7 Å². The molecule has 0 radical (unpaired) electrons. The van der Waals surface area contributed by atoms with E-state index in [0.29, 0.717) is 22.6 Å². The molecule has 0 heterocycles. The zero-order valence-electron chi connectivity index (χ0n) is 19.3. The number of carbonyl (C=O) groups excluding carboxylic acids is 2. The lowest BCUT2D eigenvalue weighted by atomic mass is 9.59. The van der Waals surface area contributed by atoms with E-state index in [1.54, 1.807) is 38.1 Å². The van der Waals surface area contributed by atoms with Crippen LogP contribution in [0.5, 0.6) is 0 Å². The lowest BCUT2D eigenvalue weighted by molar-refractivity contribution is -0.189. The normalized spacial score (nSPS) is 43.8. The van der Waals surface area contributed by atoms with Crippen LogP contribution < -0.4 is 0 Å². The number of esters is 1. The first-order chi connectivity index (χ1) is 15.0. The third kappa shape index (κ3) is 2.47. The maximum Gasteiger partial charge on any atom is 0.338 e. The van der Waals surface area contributed by atoms with Crippen LogP contribution in [-0.2, 0) is 9.53 Å². The first-order valence-electron chi connectivity index (χ1n) is 11.6. The molecule has 32 heavy (non-hydrogen) atoms. The number of ether oxygens (including phenoxy) is 1. The van der Waals surface area contributed by atoms with Gasteiger partial charge >= 0.3 is 5.97 Å². The van der Waals surface area contributed by atoms with Crippen LogP contribution in [0.1, 0.15) is 51.4 Å². The minimum atomic E-state index is -1.95. The second-order valence-electron chi connectivity index (χ2n) is 11.0. The number of hydrogen-bond donors (Lipinski definition) is 2. The molecule has 5 heteroatoms. The van der Waals surface area contributed by atoms with Crippen molar-refractivity contribution >= 4 is 11.8 Å². The van der Waals surface area contributed by atoms with Gasteiger partial charge in [0, 0.05) is 5.92 Å². The number of carbonyl (C=O) groups is 2. The van der Waals surface area contributed by atoms with Gasteiger partial charge in [-0.25, -0.2) is 4.79 Å². The van der Waals surface area contributed by atoms with Crippen molar-refractivity contribution in [3.8, 4) is 0 Å². The van der Waals surface area contributed by atoms with Crippen molar-refractivity contribution in [2.24, 2.45) is 34.5 Å². The molecule has 8 atom stereocenters. The number of ketones is 1. The standard InChI is InChI=1S/C27H32O5/c1-14-11-18-20-19(25(20,4)5)12-16(3)26(22(18)29)13-15(2)23(27(26,31)21(14)28)32-24(30)17-9-7-6-8-10-17/h6-11,13,16,18-21,23,28,31H,12H2,1-5H3/t16-,18-,19-,20+,21-,23+,26+,27+/m1/s1. The fourth-order valence-corrected chi connectivity index (χ4v) is 7.32. The molecule has 0 aliphatic heterocycles. The molecular weight excluding hydrogens is 404 g/mol. The molecule has 5 rings (SSSR count). The van der Waals surface area contributed by atoms with Crippen molar-refractivity contribution in [2.45, 2.75) is 58.8 Å². The first kappa shape index (κ1) is 21.6. The molecule has 0 aromatic heterocycles. The number of allylic oxidation sites excluding steroid dienone is 1. The highest BCUT2D eigenvalue weighted by Crippen LogP contribution is 2.71. The summed E-state index contributed by atoms with van der Waals surface area (Å²) in [5.74, 6) is -0.630. The largest absolute Gasteiger partial charge is 0.451 e. The van der Waals surface area contributed by atoms with Gasteiger partial charge in [-0.1, -0.05) is 51.1 Å². The molecule has 4 aliphatic rings. The average Bonchev–Trinajstić information content (AvgIpc) is 3.24. The third-order valence-corrected chi connectivity index (χ3v) is 9.08. The number of hydrogen-bond acceptors (Lipinski definition) is 5. The number of Topliss-reactive ketones (excluding diaryl/α,β-unsaturated/α-hetero) is 1. The Morgan fingerprint density at radius 2 is 1.78 bits per heavy atom. The zero-order valence-corrected chi connectivity index (χ0v) is 19.3. The van der Waals surface area contributed by atoms with Crippen LogP contribution in [0, 0.1) is 34.5 Å². The van der Waals surface area contributed by atoms with Gasteiger partial charge in [0.1, 0.15) is 6.10 Å². The van der Waals surface area contributed by atoms with Gasteiger partial charge in [0.05, 0.1) is 11.0 Å². The van der Waals surface area contributed by atoms with Gasteiger partial charge in [0.2, 0.25) is 0 Å². The number of aliphatic hydroxyl groups excluding tert-OH is 1. The minimum Gasteiger partial charge on any atom is -0.451 e. The fraction of sp³-hybridized carbons (Fsp3) is 0.556. The van der Waals surface area contributed by atoms with E-state index in [9.17, 15) is 19.8 Å². The molecule has 0 saturated heterocycles. The van der Waals surface area contributed by atoms with E-state index in [4.69, 9.17) is 4.74 Å². The Morgan fingerprint density at radius 1 is 1.12 bits per heavy atom. The topological polar surface area (TPSA) is 83.8 Å². The summed E-state index contributed by atoms with van der Waals surface area (Å²) in [7, 11) is 0. The summed E-state index contributed by atoms with van der Waals surface area (Å²) in [5.41, 5.74) is -1.67. The van der Waals surface area contributed by atoms with Crippen LogP contribution in [0.15, 0.2) is 53.6 Å². The average molecular weight is 437 g/mol.